The molecule has 0 unspecified atom stereocenters. The molecule has 0 radical (unpaired) electrons. The van der Waals surface area contributed by atoms with Crippen LogP contribution in [0.2, 0.25) is 0 Å². The molecule has 0 saturated carbocycles. The fraction of sp³-hybridized carbons (Fsp3) is 0.364. The molecule has 14 heavy (non-hydrogen) atoms. The Morgan fingerprint density at radius 1 is 1.43 bits per heavy atom. The normalized spacial score (nSPS) is 12.1. The van der Waals surface area contributed by atoms with Crippen LogP contribution in [0.25, 0.3) is 0 Å². The summed E-state index contributed by atoms with van der Waals surface area (Å²) in [5.74, 6) is 0. The fourth-order valence-electron chi connectivity index (χ4n) is 1.17. The van der Waals surface area contributed by atoms with E-state index in [0.29, 0.717) is 5.56 Å². The number of aliphatic hydroxyl groups is 1. The van der Waals surface area contributed by atoms with Crippen LogP contribution in [0.3, 0.4) is 0 Å². The second-order valence-electron chi connectivity index (χ2n) is 3.17. The molecule has 3 heteroatoms. The first-order valence-electron chi connectivity index (χ1n) is 4.72. The van der Waals surface area contributed by atoms with Crippen LogP contribution in [0, 0.1) is 0 Å². The van der Waals surface area contributed by atoms with Gasteiger partial charge in [0, 0.05) is 17.3 Å². The molecule has 0 saturated heterocycles. The van der Waals surface area contributed by atoms with E-state index in [1.807, 2.05) is 19.1 Å². The lowest BCUT2D eigenvalue weighted by Crippen LogP contribution is -2.22. The topological polar surface area (TPSA) is 49.3 Å². The number of aldehydes is 1. The quantitative estimate of drug-likeness (QED) is 0.699. The van der Waals surface area contributed by atoms with Gasteiger partial charge in [0.05, 0.1) is 6.61 Å². The van der Waals surface area contributed by atoms with Crippen molar-refractivity contribution >= 4 is 12.0 Å². The molecule has 3 nitrogen and oxygen atoms in total. The Bertz CT molecular complexity index is 278. The molecule has 0 bridgehead atoms. The van der Waals surface area contributed by atoms with E-state index < -0.39 is 0 Å². The minimum absolute atomic E-state index is 0.0806. The maximum atomic E-state index is 10.4. The van der Waals surface area contributed by atoms with Crippen LogP contribution >= 0.6 is 0 Å². The second kappa shape index (κ2) is 5.40. The van der Waals surface area contributed by atoms with Gasteiger partial charge in [-0.05, 0) is 30.7 Å². The Morgan fingerprint density at radius 3 is 2.50 bits per heavy atom. The van der Waals surface area contributed by atoms with Crippen molar-refractivity contribution < 1.29 is 9.90 Å². The highest BCUT2D eigenvalue weighted by Gasteiger charge is 2.03. The van der Waals surface area contributed by atoms with Gasteiger partial charge in [0.1, 0.15) is 6.29 Å². The summed E-state index contributed by atoms with van der Waals surface area (Å²) in [6, 6.07) is 7.25. The van der Waals surface area contributed by atoms with Crippen molar-refractivity contribution in [2.75, 3.05) is 11.9 Å². The number of anilines is 1. The molecule has 0 aliphatic rings. The van der Waals surface area contributed by atoms with E-state index in [-0.39, 0.29) is 12.6 Å². The highest BCUT2D eigenvalue weighted by atomic mass is 16.3. The molecule has 0 fully saturated rings. The third-order valence-corrected chi connectivity index (χ3v) is 2.13. The van der Waals surface area contributed by atoms with Gasteiger partial charge < -0.3 is 10.4 Å². The number of carbonyl (C=O) groups excluding carboxylic acids is 1. The minimum atomic E-state index is 0.0806. The van der Waals surface area contributed by atoms with Crippen LogP contribution in [0.5, 0.6) is 0 Å². The molecule has 76 valence electrons. The Hall–Kier alpha value is -1.35. The van der Waals surface area contributed by atoms with Gasteiger partial charge in [0.25, 0.3) is 0 Å². The fourth-order valence-corrected chi connectivity index (χ4v) is 1.17. The monoisotopic (exact) mass is 193 g/mol. The average molecular weight is 193 g/mol. The number of hydrogen-bond acceptors (Lipinski definition) is 3. The average Bonchev–Trinajstić information content (AvgIpc) is 2.26. The summed E-state index contributed by atoms with van der Waals surface area (Å²) in [7, 11) is 0. The van der Waals surface area contributed by atoms with Gasteiger partial charge in [-0.25, -0.2) is 0 Å². The summed E-state index contributed by atoms with van der Waals surface area (Å²) in [6.07, 6.45) is 1.68. The summed E-state index contributed by atoms with van der Waals surface area (Å²) in [5, 5.41) is 12.1. The van der Waals surface area contributed by atoms with Crippen LogP contribution in [-0.4, -0.2) is 24.0 Å². The molecular weight excluding hydrogens is 178 g/mol. The molecule has 0 heterocycles. The summed E-state index contributed by atoms with van der Waals surface area (Å²) in [4.78, 5) is 10.4. The summed E-state index contributed by atoms with van der Waals surface area (Å²) < 4.78 is 0. The maximum absolute atomic E-state index is 10.4. The third-order valence-electron chi connectivity index (χ3n) is 2.13. The number of aliphatic hydroxyl groups excluding tert-OH is 1. The lowest BCUT2D eigenvalue weighted by Gasteiger charge is -2.15. The molecule has 1 aromatic carbocycles. The zero-order valence-electron chi connectivity index (χ0n) is 8.23. The van der Waals surface area contributed by atoms with E-state index in [9.17, 15) is 4.79 Å². The van der Waals surface area contributed by atoms with Crippen LogP contribution in [0.15, 0.2) is 24.3 Å². The van der Waals surface area contributed by atoms with Crippen molar-refractivity contribution in [1.29, 1.82) is 0 Å². The minimum Gasteiger partial charge on any atom is -0.394 e. The largest absolute Gasteiger partial charge is 0.394 e. The van der Waals surface area contributed by atoms with Crippen molar-refractivity contribution in [3.8, 4) is 0 Å². The van der Waals surface area contributed by atoms with Crippen LogP contribution < -0.4 is 5.32 Å². The first-order chi connectivity index (χ1) is 6.80. The van der Waals surface area contributed by atoms with Crippen molar-refractivity contribution in [3.05, 3.63) is 29.8 Å². The van der Waals surface area contributed by atoms with E-state index in [1.54, 1.807) is 12.1 Å². The molecular formula is C11H15NO2. The smallest absolute Gasteiger partial charge is 0.150 e. The third kappa shape index (κ3) is 2.85. The lowest BCUT2D eigenvalue weighted by atomic mass is 10.2. The Kier molecular flexibility index (Phi) is 4.13. The lowest BCUT2D eigenvalue weighted by molar-refractivity contribution is 0.112. The number of nitrogens with one attached hydrogen (secondary N) is 1. The number of rotatable bonds is 5. The number of benzene rings is 1. The highest BCUT2D eigenvalue weighted by Crippen LogP contribution is 2.10. The van der Waals surface area contributed by atoms with E-state index in [0.717, 1.165) is 18.4 Å². The van der Waals surface area contributed by atoms with Crippen molar-refractivity contribution in [2.45, 2.75) is 19.4 Å². The predicted molar refractivity (Wildman–Crippen MR) is 56.6 cm³/mol. The van der Waals surface area contributed by atoms with Gasteiger partial charge in [-0.2, -0.15) is 0 Å². The SMILES string of the molecule is CC[C@@H](CO)Nc1ccc(C=O)cc1. The molecule has 0 aromatic heterocycles. The van der Waals surface area contributed by atoms with E-state index >= 15 is 0 Å². The Morgan fingerprint density at radius 2 is 2.07 bits per heavy atom. The van der Waals surface area contributed by atoms with Crippen LogP contribution in [0.4, 0.5) is 5.69 Å². The Labute approximate surface area is 83.8 Å². The molecule has 1 rings (SSSR count). The van der Waals surface area contributed by atoms with Gasteiger partial charge in [0.15, 0.2) is 0 Å². The standard InChI is InChI=1S/C11H15NO2/c1-2-10(8-14)12-11-5-3-9(7-13)4-6-11/h3-7,10,12,14H,2,8H2,1H3/t10-/m0/s1. The van der Waals surface area contributed by atoms with E-state index in [2.05, 4.69) is 5.32 Å². The van der Waals surface area contributed by atoms with Gasteiger partial charge in [-0.15, -0.1) is 0 Å². The number of hydrogen-bond donors (Lipinski definition) is 2. The van der Waals surface area contributed by atoms with Gasteiger partial charge >= 0.3 is 0 Å². The zero-order chi connectivity index (χ0) is 10.4. The second-order valence-corrected chi connectivity index (χ2v) is 3.17. The summed E-state index contributed by atoms with van der Waals surface area (Å²) >= 11 is 0. The van der Waals surface area contributed by atoms with Crippen molar-refractivity contribution in [2.24, 2.45) is 0 Å². The number of carbonyl (C=O) groups is 1. The predicted octanol–water partition coefficient (Wildman–Crippen LogP) is 1.68. The molecule has 0 spiro atoms. The van der Waals surface area contributed by atoms with Crippen molar-refractivity contribution in [1.82, 2.24) is 0 Å². The summed E-state index contributed by atoms with van der Waals surface area (Å²) in [5.41, 5.74) is 1.59. The molecule has 0 aliphatic heterocycles. The zero-order valence-corrected chi connectivity index (χ0v) is 8.23. The molecule has 0 aliphatic carbocycles. The van der Waals surface area contributed by atoms with E-state index in [4.69, 9.17) is 5.11 Å². The van der Waals surface area contributed by atoms with E-state index in [1.165, 1.54) is 0 Å². The first kappa shape index (κ1) is 10.7. The van der Waals surface area contributed by atoms with Gasteiger partial charge in [-0.1, -0.05) is 6.92 Å². The first-order valence-corrected chi connectivity index (χ1v) is 4.72. The van der Waals surface area contributed by atoms with Crippen LogP contribution in [0.1, 0.15) is 23.7 Å². The Balaban J connectivity index is 2.63. The van der Waals surface area contributed by atoms with Gasteiger partial charge in [-0.3, -0.25) is 4.79 Å². The van der Waals surface area contributed by atoms with Crippen molar-refractivity contribution in [3.63, 3.8) is 0 Å². The molecule has 2 N–H and O–H groups in total. The summed E-state index contributed by atoms with van der Waals surface area (Å²) in [6.45, 7) is 2.12. The maximum Gasteiger partial charge on any atom is 0.150 e. The molecule has 1 aromatic rings. The highest BCUT2D eigenvalue weighted by molar-refractivity contribution is 5.75. The molecule has 1 atom stereocenters. The van der Waals surface area contributed by atoms with Crippen LogP contribution in [-0.2, 0) is 0 Å². The van der Waals surface area contributed by atoms with Gasteiger partial charge in [0.2, 0.25) is 0 Å². The molecule has 0 amide bonds.